The van der Waals surface area contributed by atoms with Crippen molar-refractivity contribution in [1.82, 2.24) is 15.2 Å². The number of rotatable bonds is 9. The molecule has 0 bridgehead atoms. The lowest BCUT2D eigenvalue weighted by molar-refractivity contribution is -0.160. The zero-order valence-corrected chi connectivity index (χ0v) is 28.5. The van der Waals surface area contributed by atoms with Crippen LogP contribution in [0.4, 0.5) is 19.0 Å². The summed E-state index contributed by atoms with van der Waals surface area (Å²) in [6.07, 6.45) is -3.35. The molecule has 12 heteroatoms. The molecule has 6 rings (SSSR count). The van der Waals surface area contributed by atoms with Gasteiger partial charge in [0.25, 0.3) is 5.91 Å². The second-order valence-electron chi connectivity index (χ2n) is 14.6. The van der Waals surface area contributed by atoms with Crippen LogP contribution in [0.1, 0.15) is 61.9 Å². The first kappa shape index (κ1) is 34.5. The van der Waals surface area contributed by atoms with Gasteiger partial charge in [0.05, 0.1) is 18.6 Å². The Morgan fingerprint density at radius 3 is 2.41 bits per heavy atom. The monoisotopic (exact) mass is 680 g/mol. The highest BCUT2D eigenvalue weighted by molar-refractivity contribution is 5.89. The molecule has 0 spiro atoms. The van der Waals surface area contributed by atoms with Gasteiger partial charge in [0.2, 0.25) is 0 Å². The minimum Gasteiger partial charge on any atom is -0.496 e. The molecule has 2 N–H and O–H groups in total. The SMILES string of the molecule is COc1ccc(C2(C(F)(F)F)CC2)cc1CN[C@H]1[C@H](C(C)(C)C)[C@@H](C(=O)O)N(C(=O)[C@H]2Cc3ccccc3O2)[C@H]1c1cccnc1N(C)C. The van der Waals surface area contributed by atoms with Gasteiger partial charge in [-0.2, -0.15) is 13.2 Å². The lowest BCUT2D eigenvalue weighted by Gasteiger charge is -2.35. The molecule has 0 radical (unpaired) electrons. The Hall–Kier alpha value is -4.32. The molecule has 5 atom stereocenters. The van der Waals surface area contributed by atoms with Gasteiger partial charge in [-0.3, -0.25) is 4.79 Å². The fourth-order valence-corrected chi connectivity index (χ4v) is 7.86. The summed E-state index contributed by atoms with van der Waals surface area (Å²) in [6, 6.07) is 12.8. The van der Waals surface area contributed by atoms with E-state index in [9.17, 15) is 27.9 Å². The first-order valence-corrected chi connectivity index (χ1v) is 16.5. The fraction of sp³-hybridized carbons (Fsp3) is 0.486. The third kappa shape index (κ3) is 6.08. The number of anilines is 1. The molecule has 9 nitrogen and oxygen atoms in total. The van der Waals surface area contributed by atoms with Gasteiger partial charge in [-0.25, -0.2) is 9.78 Å². The van der Waals surface area contributed by atoms with E-state index >= 15 is 0 Å². The van der Waals surface area contributed by atoms with Crippen LogP contribution in [-0.2, 0) is 28.0 Å². The summed E-state index contributed by atoms with van der Waals surface area (Å²) in [5, 5.41) is 14.5. The van der Waals surface area contributed by atoms with Crippen molar-refractivity contribution >= 4 is 17.7 Å². The number of nitrogens with zero attached hydrogens (tertiary/aromatic N) is 3. The molecule has 3 aromatic rings. The average molecular weight is 681 g/mol. The number of carboxylic acids is 1. The van der Waals surface area contributed by atoms with Gasteiger partial charge < -0.3 is 29.7 Å². The second-order valence-corrected chi connectivity index (χ2v) is 14.6. The predicted octanol–water partition coefficient (Wildman–Crippen LogP) is 5.91. The number of pyridine rings is 1. The third-order valence-electron chi connectivity index (χ3n) is 10.3. The molecule has 1 saturated carbocycles. The van der Waals surface area contributed by atoms with E-state index in [4.69, 9.17) is 9.47 Å². The van der Waals surface area contributed by atoms with E-state index in [1.54, 1.807) is 30.5 Å². The molecule has 1 saturated heterocycles. The number of para-hydroxylation sites is 1. The number of amides is 1. The van der Waals surface area contributed by atoms with E-state index in [2.05, 4.69) is 10.3 Å². The summed E-state index contributed by atoms with van der Waals surface area (Å²) < 4.78 is 54.2. The van der Waals surface area contributed by atoms with Crippen molar-refractivity contribution < 1.29 is 37.3 Å². The number of carbonyl (C=O) groups excluding carboxylic acids is 1. The molecule has 3 aliphatic rings. The summed E-state index contributed by atoms with van der Waals surface area (Å²) in [7, 11) is 5.12. The van der Waals surface area contributed by atoms with Crippen molar-refractivity contribution in [2.45, 2.75) is 82.4 Å². The fourth-order valence-electron chi connectivity index (χ4n) is 7.86. The topological polar surface area (TPSA) is 104 Å². The third-order valence-corrected chi connectivity index (χ3v) is 10.3. The number of nitrogens with one attached hydrogen (secondary N) is 1. The lowest BCUT2D eigenvalue weighted by Crippen LogP contribution is -2.51. The van der Waals surface area contributed by atoms with Crippen molar-refractivity contribution in [2.24, 2.45) is 11.3 Å². The predicted molar refractivity (Wildman–Crippen MR) is 178 cm³/mol. The number of hydrogen-bond acceptors (Lipinski definition) is 7. The Morgan fingerprint density at radius 1 is 1.10 bits per heavy atom. The van der Waals surface area contributed by atoms with Crippen molar-refractivity contribution in [1.29, 1.82) is 0 Å². The van der Waals surface area contributed by atoms with Crippen LogP contribution in [0.2, 0.25) is 0 Å². The molecular weight excluding hydrogens is 637 g/mol. The maximum Gasteiger partial charge on any atom is 0.398 e. The van der Waals surface area contributed by atoms with E-state index in [1.807, 2.05) is 64.0 Å². The number of alkyl halides is 3. The molecule has 1 amide bonds. The van der Waals surface area contributed by atoms with Gasteiger partial charge in [0, 0.05) is 56.3 Å². The summed E-state index contributed by atoms with van der Waals surface area (Å²) in [5.74, 6) is -0.703. The summed E-state index contributed by atoms with van der Waals surface area (Å²) in [5.41, 5.74) is -0.346. The number of carboxylic acid groups (broad SMARTS) is 1. The minimum atomic E-state index is -4.39. The van der Waals surface area contributed by atoms with Crippen LogP contribution in [-0.4, -0.2) is 72.4 Å². The standard InChI is InChI=1S/C37H43F3N4O5/c1-35(2,3)28-29(42-20-22-18-23(13-14-25(22)48-6)36(15-16-36)37(38,39)40)30(24-11-9-17-41-32(24)43(4)5)44(31(28)34(46)47)33(45)27-19-21-10-7-8-12-26(21)49-27/h7-14,17-18,27-31,42H,15-16,19-20H2,1-6H3,(H,46,47)/t27-,28+,29+,30+,31+/m1/s1. The molecule has 3 heterocycles. The van der Waals surface area contributed by atoms with Crippen LogP contribution in [0.25, 0.3) is 0 Å². The van der Waals surface area contributed by atoms with Crippen molar-refractivity contribution in [3.63, 3.8) is 0 Å². The van der Waals surface area contributed by atoms with Gasteiger partial charge in [0.1, 0.15) is 23.4 Å². The van der Waals surface area contributed by atoms with Gasteiger partial charge in [0.15, 0.2) is 6.10 Å². The molecule has 1 aromatic heterocycles. The number of halogens is 3. The van der Waals surface area contributed by atoms with E-state index in [1.165, 1.54) is 18.1 Å². The van der Waals surface area contributed by atoms with Gasteiger partial charge in [-0.1, -0.05) is 51.1 Å². The Morgan fingerprint density at radius 2 is 1.82 bits per heavy atom. The van der Waals surface area contributed by atoms with Crippen molar-refractivity contribution in [2.75, 3.05) is 26.1 Å². The Kier molecular flexibility index (Phi) is 8.83. The first-order valence-electron chi connectivity index (χ1n) is 16.5. The zero-order chi connectivity index (χ0) is 35.5. The highest BCUT2D eigenvalue weighted by Crippen LogP contribution is 2.59. The molecule has 262 valence electrons. The maximum atomic E-state index is 14.7. The van der Waals surface area contributed by atoms with Crippen LogP contribution in [0.3, 0.4) is 0 Å². The van der Waals surface area contributed by atoms with Crippen molar-refractivity contribution in [3.8, 4) is 11.5 Å². The van der Waals surface area contributed by atoms with Gasteiger partial charge in [-0.05, 0) is 53.6 Å². The highest BCUT2D eigenvalue weighted by Gasteiger charge is 2.64. The van der Waals surface area contributed by atoms with Crippen LogP contribution in [0.15, 0.2) is 60.8 Å². The van der Waals surface area contributed by atoms with Crippen LogP contribution >= 0.6 is 0 Å². The average Bonchev–Trinajstić information content (AvgIpc) is 3.64. The number of aliphatic carboxylic acids is 1. The Bertz CT molecular complexity index is 1710. The minimum absolute atomic E-state index is 0.0191. The molecule has 0 unspecified atom stereocenters. The summed E-state index contributed by atoms with van der Waals surface area (Å²) in [4.78, 5) is 35.9. The molecule has 2 aliphatic heterocycles. The first-order chi connectivity index (χ1) is 23.1. The number of methoxy groups -OCH3 is 1. The van der Waals surface area contributed by atoms with Gasteiger partial charge >= 0.3 is 12.1 Å². The summed E-state index contributed by atoms with van der Waals surface area (Å²) in [6.45, 7) is 5.88. The molecule has 2 fully saturated rings. The van der Waals surface area contributed by atoms with Gasteiger partial charge in [-0.15, -0.1) is 0 Å². The van der Waals surface area contributed by atoms with E-state index in [0.717, 1.165) is 5.56 Å². The van der Waals surface area contributed by atoms with Crippen LogP contribution in [0.5, 0.6) is 11.5 Å². The van der Waals surface area contributed by atoms with E-state index in [-0.39, 0.29) is 24.9 Å². The quantitative estimate of drug-likeness (QED) is 0.288. The molecular formula is C37H43F3N4O5. The lowest BCUT2D eigenvalue weighted by atomic mass is 9.72. The number of fused-ring (bicyclic) bond motifs is 1. The normalized spacial score (nSPS) is 24.3. The second kappa shape index (κ2) is 12.5. The van der Waals surface area contributed by atoms with E-state index in [0.29, 0.717) is 34.9 Å². The van der Waals surface area contributed by atoms with Crippen molar-refractivity contribution in [3.05, 3.63) is 83.0 Å². The zero-order valence-electron chi connectivity index (χ0n) is 28.5. The van der Waals surface area contributed by atoms with E-state index < -0.39 is 59.0 Å². The summed E-state index contributed by atoms with van der Waals surface area (Å²) >= 11 is 0. The number of carbonyl (C=O) groups is 2. The number of hydrogen-bond donors (Lipinski definition) is 2. The number of likely N-dealkylation sites (tertiary alicyclic amines) is 1. The Labute approximate surface area is 284 Å². The molecule has 1 aliphatic carbocycles. The molecule has 2 aromatic carbocycles. The largest absolute Gasteiger partial charge is 0.496 e. The maximum absolute atomic E-state index is 14.7. The Balaban J connectivity index is 1.46. The van der Waals surface area contributed by atoms with Crippen LogP contribution < -0.4 is 19.7 Å². The van der Waals surface area contributed by atoms with Crippen LogP contribution in [0, 0.1) is 11.3 Å². The highest BCUT2D eigenvalue weighted by atomic mass is 19.4. The number of aromatic nitrogens is 1. The molecule has 49 heavy (non-hydrogen) atoms. The smallest absolute Gasteiger partial charge is 0.398 e. The number of benzene rings is 2. The number of ether oxygens (including phenoxy) is 2.